The molecule has 10 heteroatoms. The number of rotatable bonds is 5. The number of nitrogens with one attached hydrogen (secondary N) is 2. The van der Waals surface area contributed by atoms with E-state index in [9.17, 15) is 21.6 Å². The second-order valence-corrected chi connectivity index (χ2v) is 8.70. The fraction of sp³-hybridized carbons (Fsp3) is 0.154. The number of carbonyl (C=O) groups is 1. The number of benzene rings is 1. The molecule has 4 N–H and O–H groups in total. The molecule has 8 nitrogen and oxygen atoms in total. The van der Waals surface area contributed by atoms with E-state index in [0.29, 0.717) is 0 Å². The molecule has 1 aromatic carbocycles. The van der Waals surface area contributed by atoms with Crippen molar-refractivity contribution in [3.63, 3.8) is 0 Å². The predicted octanol–water partition coefficient (Wildman–Crippen LogP) is -0.0805. The summed E-state index contributed by atoms with van der Waals surface area (Å²) in [5, 5.41) is 0. The van der Waals surface area contributed by atoms with Crippen LogP contribution in [0.25, 0.3) is 0 Å². The fourth-order valence-corrected chi connectivity index (χ4v) is 5.13. The van der Waals surface area contributed by atoms with Gasteiger partial charge in [0.1, 0.15) is 15.5 Å². The molecule has 2 aromatic rings. The highest BCUT2D eigenvalue weighted by molar-refractivity contribution is 7.95. The molecule has 0 saturated heterocycles. The minimum absolute atomic E-state index is 0.0394. The van der Waals surface area contributed by atoms with Gasteiger partial charge in [-0.05, 0) is 19.1 Å². The van der Waals surface area contributed by atoms with Gasteiger partial charge in [-0.1, -0.05) is 17.7 Å². The molecule has 0 aliphatic carbocycles. The number of carbonyl (C=O) groups excluding carboxylic acids is 1. The maximum atomic E-state index is 12.6. The maximum Gasteiger partial charge on any atom is 0.249 e. The van der Waals surface area contributed by atoms with Gasteiger partial charge in [0.2, 0.25) is 15.7 Å². The topological polar surface area (TPSA) is 139 Å². The summed E-state index contributed by atoms with van der Waals surface area (Å²) >= 11 is 0. The SMILES string of the molecule is Cc1ccc(S(=O)(=O)c2c[nH]cc2S(=O)(=O)CC(=O)NN)cc1. The summed E-state index contributed by atoms with van der Waals surface area (Å²) in [6.07, 6.45) is 2.10. The molecule has 23 heavy (non-hydrogen) atoms. The smallest absolute Gasteiger partial charge is 0.249 e. The molecule has 0 saturated carbocycles. The lowest BCUT2D eigenvalue weighted by atomic mass is 10.2. The average molecular weight is 357 g/mol. The number of hydrogen-bond acceptors (Lipinski definition) is 6. The summed E-state index contributed by atoms with van der Waals surface area (Å²) in [6, 6.07) is 5.99. The van der Waals surface area contributed by atoms with E-state index < -0.39 is 41.1 Å². The molecule has 0 fully saturated rings. The summed E-state index contributed by atoms with van der Waals surface area (Å²) in [4.78, 5) is 12.8. The lowest BCUT2D eigenvalue weighted by molar-refractivity contribution is -0.118. The maximum absolute atomic E-state index is 12.6. The van der Waals surface area contributed by atoms with Crippen molar-refractivity contribution >= 4 is 25.6 Å². The summed E-state index contributed by atoms with van der Waals surface area (Å²) in [7, 11) is -8.20. The first-order valence-corrected chi connectivity index (χ1v) is 9.53. The first kappa shape index (κ1) is 17.2. The van der Waals surface area contributed by atoms with Gasteiger partial charge in [-0.15, -0.1) is 0 Å². The Morgan fingerprint density at radius 1 is 1.09 bits per heavy atom. The van der Waals surface area contributed by atoms with Crippen LogP contribution in [-0.4, -0.2) is 33.5 Å². The normalized spacial score (nSPS) is 12.1. The zero-order chi connectivity index (χ0) is 17.3. The highest BCUT2D eigenvalue weighted by Gasteiger charge is 2.30. The van der Waals surface area contributed by atoms with Gasteiger partial charge >= 0.3 is 0 Å². The molecule has 0 bridgehead atoms. The Labute approximate surface area is 133 Å². The molecular formula is C13H15N3O5S2. The molecule has 0 spiro atoms. The lowest BCUT2D eigenvalue weighted by Crippen LogP contribution is -2.35. The molecule has 124 valence electrons. The Kier molecular flexibility index (Phi) is 4.59. The number of amides is 1. The van der Waals surface area contributed by atoms with E-state index in [2.05, 4.69) is 4.98 Å². The van der Waals surface area contributed by atoms with Gasteiger partial charge in [0, 0.05) is 12.4 Å². The molecule has 2 rings (SSSR count). The van der Waals surface area contributed by atoms with Crippen molar-refractivity contribution in [1.29, 1.82) is 0 Å². The lowest BCUT2D eigenvalue weighted by Gasteiger charge is -2.07. The molecule has 0 atom stereocenters. The van der Waals surface area contributed by atoms with Crippen molar-refractivity contribution < 1.29 is 21.6 Å². The Morgan fingerprint density at radius 3 is 2.22 bits per heavy atom. The van der Waals surface area contributed by atoms with E-state index in [1.807, 2.05) is 0 Å². The number of nitrogens with two attached hydrogens (primary N) is 1. The predicted molar refractivity (Wildman–Crippen MR) is 81.8 cm³/mol. The second-order valence-electron chi connectivity index (χ2n) is 4.83. The Morgan fingerprint density at radius 2 is 1.65 bits per heavy atom. The monoisotopic (exact) mass is 357 g/mol. The third-order valence-corrected chi connectivity index (χ3v) is 6.70. The summed E-state index contributed by atoms with van der Waals surface area (Å²) in [5.41, 5.74) is 2.57. The zero-order valence-corrected chi connectivity index (χ0v) is 13.7. The van der Waals surface area contributed by atoms with Crippen molar-refractivity contribution in [2.45, 2.75) is 21.6 Å². The molecule has 1 aromatic heterocycles. The van der Waals surface area contributed by atoms with Crippen LogP contribution in [0, 0.1) is 6.92 Å². The molecular weight excluding hydrogens is 342 g/mol. The number of hydrogen-bond donors (Lipinski definition) is 3. The first-order valence-electron chi connectivity index (χ1n) is 6.39. The van der Waals surface area contributed by atoms with Gasteiger partial charge in [-0.3, -0.25) is 10.2 Å². The fourth-order valence-electron chi connectivity index (χ4n) is 1.92. The summed E-state index contributed by atoms with van der Waals surface area (Å²) in [5.74, 6) is 2.99. The largest absolute Gasteiger partial charge is 0.365 e. The average Bonchev–Trinajstić information content (AvgIpc) is 2.98. The quantitative estimate of drug-likeness (QED) is 0.388. The third-order valence-electron chi connectivity index (χ3n) is 3.11. The van der Waals surface area contributed by atoms with Gasteiger partial charge in [0.25, 0.3) is 0 Å². The van der Waals surface area contributed by atoms with Crippen LogP contribution < -0.4 is 11.3 Å². The number of sulfone groups is 2. The van der Waals surface area contributed by atoms with E-state index in [4.69, 9.17) is 5.84 Å². The number of H-pyrrole nitrogens is 1. The highest BCUT2D eigenvalue weighted by Crippen LogP contribution is 2.27. The Balaban J connectivity index is 2.53. The molecule has 0 unspecified atom stereocenters. The van der Waals surface area contributed by atoms with Crippen LogP contribution in [0.5, 0.6) is 0 Å². The molecule has 0 aliphatic rings. The summed E-state index contributed by atoms with van der Waals surface area (Å²) < 4.78 is 49.7. The molecule has 0 radical (unpaired) electrons. The minimum atomic E-state index is -4.16. The number of aryl methyl sites for hydroxylation is 1. The van der Waals surface area contributed by atoms with Gasteiger partial charge < -0.3 is 4.98 Å². The van der Waals surface area contributed by atoms with E-state index >= 15 is 0 Å². The second kappa shape index (κ2) is 6.14. The molecule has 0 aliphatic heterocycles. The van der Waals surface area contributed by atoms with Gasteiger partial charge in [-0.25, -0.2) is 22.7 Å². The first-order chi connectivity index (χ1) is 10.7. The molecule has 1 amide bonds. The van der Waals surface area contributed by atoms with Gasteiger partial charge in [-0.2, -0.15) is 0 Å². The molecule has 1 heterocycles. The highest BCUT2D eigenvalue weighted by atomic mass is 32.2. The van der Waals surface area contributed by atoms with E-state index in [1.54, 1.807) is 24.5 Å². The standard InChI is InChI=1S/C13H15N3O5S2/c1-9-2-4-10(5-3-9)23(20,21)12-7-15-6-11(12)22(18,19)8-13(17)16-14/h2-7,15H,8,14H2,1H3,(H,16,17). The Hall–Kier alpha value is -2.17. The van der Waals surface area contributed by atoms with Crippen LogP contribution in [-0.2, 0) is 24.5 Å². The van der Waals surface area contributed by atoms with Crippen molar-refractivity contribution in [3.05, 3.63) is 42.2 Å². The van der Waals surface area contributed by atoms with E-state index in [-0.39, 0.29) is 4.90 Å². The van der Waals surface area contributed by atoms with Gasteiger partial charge in [0.05, 0.1) is 4.90 Å². The number of aromatic nitrogens is 1. The van der Waals surface area contributed by atoms with Crippen LogP contribution in [0.4, 0.5) is 0 Å². The van der Waals surface area contributed by atoms with E-state index in [0.717, 1.165) is 18.0 Å². The summed E-state index contributed by atoms with van der Waals surface area (Å²) in [6.45, 7) is 1.80. The zero-order valence-electron chi connectivity index (χ0n) is 12.1. The number of aromatic amines is 1. The van der Waals surface area contributed by atoms with Crippen LogP contribution in [0.1, 0.15) is 5.56 Å². The van der Waals surface area contributed by atoms with Crippen molar-refractivity contribution in [2.24, 2.45) is 5.84 Å². The van der Waals surface area contributed by atoms with Crippen LogP contribution in [0.15, 0.2) is 51.3 Å². The number of hydrazine groups is 1. The van der Waals surface area contributed by atoms with Crippen molar-refractivity contribution in [1.82, 2.24) is 10.4 Å². The van der Waals surface area contributed by atoms with Crippen LogP contribution in [0.3, 0.4) is 0 Å². The van der Waals surface area contributed by atoms with E-state index in [1.165, 1.54) is 12.1 Å². The van der Waals surface area contributed by atoms with Crippen molar-refractivity contribution in [3.8, 4) is 0 Å². The Bertz CT molecular complexity index is 928. The third kappa shape index (κ3) is 3.44. The van der Waals surface area contributed by atoms with Crippen LogP contribution >= 0.6 is 0 Å². The van der Waals surface area contributed by atoms with Gasteiger partial charge in [0.15, 0.2) is 9.84 Å². The minimum Gasteiger partial charge on any atom is -0.365 e. The van der Waals surface area contributed by atoms with Crippen LogP contribution in [0.2, 0.25) is 0 Å². The van der Waals surface area contributed by atoms with Crippen molar-refractivity contribution in [2.75, 3.05) is 5.75 Å².